The maximum absolute atomic E-state index is 6.08. The molecule has 0 heterocycles. The van der Waals surface area contributed by atoms with Crippen LogP contribution >= 0.6 is 23.2 Å². The van der Waals surface area contributed by atoms with Gasteiger partial charge in [0.2, 0.25) is 0 Å². The Labute approximate surface area is 70.5 Å². The molecule has 0 radical (unpaired) electrons. The summed E-state index contributed by atoms with van der Waals surface area (Å²) in [5, 5.41) is 0.310. The van der Waals surface area contributed by atoms with Crippen molar-refractivity contribution in [3.63, 3.8) is 0 Å². The van der Waals surface area contributed by atoms with E-state index in [4.69, 9.17) is 23.2 Å². The first kappa shape index (κ1) is 6.75. The Morgan fingerprint density at radius 1 is 0.900 bits per heavy atom. The predicted octanol–water partition coefficient (Wildman–Crippen LogP) is 2.57. The summed E-state index contributed by atoms with van der Waals surface area (Å²) in [6.45, 7) is 0. The normalized spacial score (nSPS) is 50.2. The molecular weight excluding hydrogens is 167 g/mol. The molecule has 0 spiro atoms. The number of rotatable bonds is 0. The molecule has 54 valence electrons. The Bertz CT molecular complexity index is 195. The lowest BCUT2D eigenvalue weighted by Crippen LogP contribution is -2.25. The molecule has 0 N–H and O–H groups in total. The molecule has 2 aliphatic rings. The quantitative estimate of drug-likeness (QED) is 0.392. The minimum absolute atomic E-state index is 0.109. The molecule has 0 amide bonds. The van der Waals surface area contributed by atoms with E-state index in [2.05, 4.69) is 18.2 Å². The summed E-state index contributed by atoms with van der Waals surface area (Å²) in [5.74, 6) is 0.792. The van der Waals surface area contributed by atoms with Crippen molar-refractivity contribution < 1.29 is 0 Å². The maximum atomic E-state index is 6.08. The second-order valence-corrected chi connectivity index (χ2v) is 3.82. The molecule has 2 bridgehead atoms. The zero-order valence-corrected chi connectivity index (χ0v) is 6.89. The second kappa shape index (κ2) is 2.28. The third kappa shape index (κ3) is 0.826. The van der Waals surface area contributed by atoms with Crippen LogP contribution in [0.4, 0.5) is 0 Å². The molecule has 2 heteroatoms. The Morgan fingerprint density at radius 3 is 2.30 bits per heavy atom. The maximum Gasteiger partial charge on any atom is 0.0593 e. The van der Waals surface area contributed by atoms with E-state index in [9.17, 15) is 0 Å². The van der Waals surface area contributed by atoms with Crippen molar-refractivity contribution in [2.24, 2.45) is 11.8 Å². The largest absolute Gasteiger partial charge is 0.121 e. The summed E-state index contributed by atoms with van der Waals surface area (Å²) >= 11 is 12.1. The molecule has 2 rings (SSSR count). The van der Waals surface area contributed by atoms with Crippen LogP contribution in [0.15, 0.2) is 24.3 Å². The fourth-order valence-electron chi connectivity index (χ4n) is 1.54. The SMILES string of the molecule is ClC1[C@@H]2C=C[C@H](Cl)[C@H]1C=C2. The minimum atomic E-state index is 0.109. The molecular formula is C8H8Cl2. The second-order valence-electron chi connectivity index (χ2n) is 2.81. The van der Waals surface area contributed by atoms with E-state index in [1.807, 2.05) is 6.08 Å². The van der Waals surface area contributed by atoms with Crippen molar-refractivity contribution in [2.75, 3.05) is 0 Å². The van der Waals surface area contributed by atoms with Crippen molar-refractivity contribution >= 4 is 23.2 Å². The molecule has 0 aromatic heterocycles. The van der Waals surface area contributed by atoms with Gasteiger partial charge in [-0.1, -0.05) is 24.3 Å². The summed E-state index contributed by atoms with van der Waals surface area (Å²) in [6.07, 6.45) is 8.40. The third-order valence-corrected chi connectivity index (χ3v) is 3.19. The number of alkyl halides is 2. The highest BCUT2D eigenvalue weighted by atomic mass is 35.5. The van der Waals surface area contributed by atoms with Crippen LogP contribution in [-0.4, -0.2) is 10.8 Å². The highest BCUT2D eigenvalue weighted by Gasteiger charge is 2.35. The molecule has 2 aliphatic carbocycles. The van der Waals surface area contributed by atoms with Gasteiger partial charge in [-0.25, -0.2) is 0 Å². The zero-order valence-electron chi connectivity index (χ0n) is 5.37. The Morgan fingerprint density at radius 2 is 1.60 bits per heavy atom. The van der Waals surface area contributed by atoms with Crippen LogP contribution < -0.4 is 0 Å². The molecule has 4 atom stereocenters. The minimum Gasteiger partial charge on any atom is -0.121 e. The van der Waals surface area contributed by atoms with E-state index >= 15 is 0 Å². The van der Waals surface area contributed by atoms with E-state index in [0.29, 0.717) is 11.8 Å². The first-order valence-electron chi connectivity index (χ1n) is 3.44. The van der Waals surface area contributed by atoms with Crippen LogP contribution in [0.1, 0.15) is 0 Å². The molecule has 0 aliphatic heterocycles. The molecule has 0 aromatic carbocycles. The molecule has 0 fully saturated rings. The number of fused-ring (bicyclic) bond motifs is 2. The van der Waals surface area contributed by atoms with E-state index in [-0.39, 0.29) is 10.8 Å². The lowest BCUT2D eigenvalue weighted by Gasteiger charge is -2.23. The monoisotopic (exact) mass is 174 g/mol. The number of allylic oxidation sites excluding steroid dienone is 4. The van der Waals surface area contributed by atoms with Crippen molar-refractivity contribution in [3.8, 4) is 0 Å². The first-order valence-corrected chi connectivity index (χ1v) is 4.31. The lowest BCUT2D eigenvalue weighted by atomic mass is 9.93. The average Bonchev–Trinajstić information content (AvgIpc) is 2.13. The van der Waals surface area contributed by atoms with Gasteiger partial charge in [-0.05, 0) is 0 Å². The van der Waals surface area contributed by atoms with E-state index in [1.165, 1.54) is 0 Å². The van der Waals surface area contributed by atoms with Crippen molar-refractivity contribution in [1.82, 2.24) is 0 Å². The summed E-state index contributed by atoms with van der Waals surface area (Å²) < 4.78 is 0. The molecule has 10 heavy (non-hydrogen) atoms. The van der Waals surface area contributed by atoms with Crippen LogP contribution in [0.5, 0.6) is 0 Å². The van der Waals surface area contributed by atoms with Gasteiger partial charge in [0.15, 0.2) is 0 Å². The zero-order chi connectivity index (χ0) is 7.14. The van der Waals surface area contributed by atoms with Gasteiger partial charge in [-0.3, -0.25) is 0 Å². The topological polar surface area (TPSA) is 0 Å². The smallest absolute Gasteiger partial charge is 0.0593 e. The van der Waals surface area contributed by atoms with Crippen molar-refractivity contribution in [2.45, 2.75) is 10.8 Å². The highest BCUT2D eigenvalue weighted by molar-refractivity contribution is 6.25. The number of hydrogen-bond donors (Lipinski definition) is 0. The predicted molar refractivity (Wildman–Crippen MR) is 44.5 cm³/mol. The summed E-state index contributed by atoms with van der Waals surface area (Å²) in [7, 11) is 0. The van der Waals surface area contributed by atoms with E-state index in [1.54, 1.807) is 0 Å². The molecule has 0 nitrogen and oxygen atoms in total. The summed E-state index contributed by atoms with van der Waals surface area (Å²) in [6, 6.07) is 0. The van der Waals surface area contributed by atoms with Crippen LogP contribution in [0.3, 0.4) is 0 Å². The third-order valence-electron chi connectivity index (χ3n) is 2.18. The Balaban J connectivity index is 2.32. The molecule has 1 unspecified atom stereocenters. The van der Waals surface area contributed by atoms with Crippen LogP contribution in [-0.2, 0) is 0 Å². The summed E-state index contributed by atoms with van der Waals surface area (Å²) in [4.78, 5) is 0. The van der Waals surface area contributed by atoms with Gasteiger partial charge in [0.25, 0.3) is 0 Å². The number of hydrogen-bond acceptors (Lipinski definition) is 0. The Hall–Kier alpha value is 0.0600. The van der Waals surface area contributed by atoms with Crippen LogP contribution in [0.2, 0.25) is 0 Å². The van der Waals surface area contributed by atoms with Gasteiger partial charge in [0, 0.05) is 11.8 Å². The van der Waals surface area contributed by atoms with Crippen LogP contribution in [0.25, 0.3) is 0 Å². The Kier molecular flexibility index (Phi) is 1.54. The van der Waals surface area contributed by atoms with Gasteiger partial charge in [0.1, 0.15) is 0 Å². The first-order chi connectivity index (χ1) is 4.79. The average molecular weight is 175 g/mol. The molecule has 0 saturated heterocycles. The van der Waals surface area contributed by atoms with Gasteiger partial charge < -0.3 is 0 Å². The van der Waals surface area contributed by atoms with Gasteiger partial charge in [-0.2, -0.15) is 0 Å². The van der Waals surface area contributed by atoms with Gasteiger partial charge in [-0.15, -0.1) is 23.2 Å². The molecule has 0 aromatic rings. The number of halogens is 2. The van der Waals surface area contributed by atoms with Crippen molar-refractivity contribution in [1.29, 1.82) is 0 Å². The lowest BCUT2D eigenvalue weighted by molar-refractivity contribution is 0.577. The van der Waals surface area contributed by atoms with E-state index < -0.39 is 0 Å². The van der Waals surface area contributed by atoms with E-state index in [0.717, 1.165) is 0 Å². The van der Waals surface area contributed by atoms with Crippen molar-refractivity contribution in [3.05, 3.63) is 24.3 Å². The summed E-state index contributed by atoms with van der Waals surface area (Å²) in [5.41, 5.74) is 0. The highest BCUT2D eigenvalue weighted by Crippen LogP contribution is 2.38. The fourth-order valence-corrected chi connectivity index (χ4v) is 2.35. The van der Waals surface area contributed by atoms with Crippen LogP contribution in [0, 0.1) is 11.8 Å². The van der Waals surface area contributed by atoms with Gasteiger partial charge in [0.05, 0.1) is 10.8 Å². The standard InChI is InChI=1S/C8H8Cl2/c9-7-4-2-5-1-3-6(7)8(5)10/h1-8H/t5-,6+,7-,8?/m0/s1. The fraction of sp³-hybridized carbons (Fsp3) is 0.500. The molecule has 0 saturated carbocycles. The van der Waals surface area contributed by atoms with Gasteiger partial charge >= 0.3 is 0 Å².